The fraction of sp³-hybridized carbons (Fsp3) is 0.586. The predicted molar refractivity (Wildman–Crippen MR) is 126 cm³/mol. The summed E-state index contributed by atoms with van der Waals surface area (Å²) in [4.78, 5) is 0. The molecule has 0 atom stereocenters. The highest BCUT2D eigenvalue weighted by molar-refractivity contribution is 5.46. The average molecular weight is 389 g/mol. The number of aryl methyl sites for hydroxylation is 2. The highest BCUT2D eigenvalue weighted by atomic mass is 14.3. The quantitative estimate of drug-likeness (QED) is 0.491. The summed E-state index contributed by atoms with van der Waals surface area (Å²) in [5.74, 6) is 1.55. The van der Waals surface area contributed by atoms with Crippen LogP contribution in [-0.4, -0.2) is 0 Å². The topological polar surface area (TPSA) is 0 Å². The van der Waals surface area contributed by atoms with Crippen molar-refractivity contribution in [3.63, 3.8) is 0 Å². The first-order chi connectivity index (χ1) is 14.0. The highest BCUT2D eigenvalue weighted by Crippen LogP contribution is 2.41. The van der Waals surface area contributed by atoms with E-state index >= 15 is 0 Å². The third kappa shape index (κ3) is 4.32. The molecule has 0 aliphatic heterocycles. The molecule has 0 heterocycles. The second kappa shape index (κ2) is 8.66. The van der Waals surface area contributed by atoms with Crippen LogP contribution in [0.4, 0.5) is 0 Å². The lowest BCUT2D eigenvalue weighted by molar-refractivity contribution is 0.441. The van der Waals surface area contributed by atoms with E-state index in [2.05, 4.69) is 64.1 Å². The van der Waals surface area contributed by atoms with Gasteiger partial charge in [-0.05, 0) is 84.7 Å². The van der Waals surface area contributed by atoms with Crippen molar-refractivity contribution in [2.75, 3.05) is 0 Å². The standard InChI is InChI=1S/C29H40/c1-21-15-17-25(19-27(21)23-11-7-5-8-12-23)29(3,4)26-18-16-22(2)28(20-26)24-13-9-6-10-14-24/h15-20,23-24H,5-14H2,1-4H3. The van der Waals surface area contributed by atoms with Gasteiger partial charge in [-0.25, -0.2) is 0 Å². The van der Waals surface area contributed by atoms with Crippen molar-refractivity contribution >= 4 is 0 Å². The summed E-state index contributed by atoms with van der Waals surface area (Å²) in [6.45, 7) is 9.48. The summed E-state index contributed by atoms with van der Waals surface area (Å²) in [6.07, 6.45) is 14.0. The van der Waals surface area contributed by atoms with Crippen LogP contribution in [0.5, 0.6) is 0 Å². The van der Waals surface area contributed by atoms with Crippen LogP contribution in [0, 0.1) is 13.8 Å². The van der Waals surface area contributed by atoms with Gasteiger partial charge in [0.1, 0.15) is 0 Å². The molecule has 0 saturated heterocycles. The Bertz CT molecular complexity index is 760. The Morgan fingerprint density at radius 2 is 0.966 bits per heavy atom. The first-order valence-corrected chi connectivity index (χ1v) is 12.2. The van der Waals surface area contributed by atoms with Crippen LogP contribution in [0.3, 0.4) is 0 Å². The number of rotatable bonds is 4. The molecule has 2 aromatic rings. The van der Waals surface area contributed by atoms with Gasteiger partial charge in [0.05, 0.1) is 0 Å². The Labute approximate surface area is 179 Å². The van der Waals surface area contributed by atoms with Crippen molar-refractivity contribution in [3.8, 4) is 0 Å². The molecular formula is C29H40. The van der Waals surface area contributed by atoms with Crippen LogP contribution in [0.2, 0.25) is 0 Å². The van der Waals surface area contributed by atoms with Crippen LogP contribution in [0.25, 0.3) is 0 Å². The second-order valence-electron chi connectivity index (χ2n) is 10.4. The van der Waals surface area contributed by atoms with Gasteiger partial charge in [0, 0.05) is 5.41 Å². The van der Waals surface area contributed by atoms with Gasteiger partial charge < -0.3 is 0 Å². The van der Waals surface area contributed by atoms with Crippen LogP contribution >= 0.6 is 0 Å². The Morgan fingerprint density at radius 1 is 0.586 bits per heavy atom. The van der Waals surface area contributed by atoms with E-state index in [1.807, 2.05) is 0 Å². The molecule has 0 unspecified atom stereocenters. The van der Waals surface area contributed by atoms with Crippen LogP contribution < -0.4 is 0 Å². The summed E-state index contributed by atoms with van der Waals surface area (Å²) >= 11 is 0. The lowest BCUT2D eigenvalue weighted by Gasteiger charge is -2.31. The molecule has 0 bridgehead atoms. The SMILES string of the molecule is Cc1ccc(C(C)(C)c2ccc(C)c(C3CCCCC3)c2)cc1C1CCCCC1. The summed E-state index contributed by atoms with van der Waals surface area (Å²) < 4.78 is 0. The van der Waals surface area contributed by atoms with Crippen molar-refractivity contribution < 1.29 is 0 Å². The molecule has 0 radical (unpaired) electrons. The molecule has 0 nitrogen and oxygen atoms in total. The normalized spacial score (nSPS) is 19.4. The van der Waals surface area contributed by atoms with E-state index in [0.29, 0.717) is 0 Å². The maximum absolute atomic E-state index is 2.56. The molecule has 0 aromatic heterocycles. The maximum atomic E-state index is 2.56. The van der Waals surface area contributed by atoms with Gasteiger partial charge in [-0.1, -0.05) is 88.8 Å². The van der Waals surface area contributed by atoms with Crippen molar-refractivity contribution in [1.29, 1.82) is 0 Å². The third-order valence-electron chi connectivity index (χ3n) is 8.09. The zero-order valence-corrected chi connectivity index (χ0v) is 19.2. The van der Waals surface area contributed by atoms with Gasteiger partial charge >= 0.3 is 0 Å². The maximum Gasteiger partial charge on any atom is 0.0146 e. The van der Waals surface area contributed by atoms with Crippen molar-refractivity contribution in [2.24, 2.45) is 0 Å². The van der Waals surface area contributed by atoms with Crippen molar-refractivity contribution in [3.05, 3.63) is 69.8 Å². The third-order valence-corrected chi connectivity index (χ3v) is 8.09. The predicted octanol–water partition coefficient (Wildman–Crippen LogP) is 8.72. The van der Waals surface area contributed by atoms with E-state index < -0.39 is 0 Å². The van der Waals surface area contributed by atoms with Gasteiger partial charge in [0.2, 0.25) is 0 Å². The minimum Gasteiger partial charge on any atom is -0.0587 e. The molecule has 0 spiro atoms. The number of hydrogen-bond donors (Lipinski definition) is 0. The summed E-state index contributed by atoms with van der Waals surface area (Å²) in [5, 5.41) is 0. The van der Waals surface area contributed by atoms with Gasteiger partial charge in [-0.3, -0.25) is 0 Å². The monoisotopic (exact) mass is 388 g/mol. The van der Waals surface area contributed by atoms with E-state index in [-0.39, 0.29) is 5.41 Å². The molecule has 4 rings (SSSR count). The fourth-order valence-corrected chi connectivity index (χ4v) is 5.93. The summed E-state index contributed by atoms with van der Waals surface area (Å²) in [5.41, 5.74) is 9.24. The molecule has 0 N–H and O–H groups in total. The van der Waals surface area contributed by atoms with Gasteiger partial charge in [0.15, 0.2) is 0 Å². The lowest BCUT2D eigenvalue weighted by Crippen LogP contribution is -2.21. The molecule has 0 heteroatoms. The molecule has 2 aliphatic rings. The van der Waals surface area contributed by atoms with Crippen LogP contribution in [0.1, 0.15) is 123 Å². The van der Waals surface area contributed by atoms with Crippen molar-refractivity contribution in [2.45, 2.75) is 109 Å². The van der Waals surface area contributed by atoms with E-state index in [1.165, 1.54) is 86.5 Å². The van der Waals surface area contributed by atoms with Gasteiger partial charge in [-0.2, -0.15) is 0 Å². The number of benzene rings is 2. The molecule has 29 heavy (non-hydrogen) atoms. The minimum absolute atomic E-state index is 0.0498. The van der Waals surface area contributed by atoms with Gasteiger partial charge in [-0.15, -0.1) is 0 Å². The molecule has 0 amide bonds. The van der Waals surface area contributed by atoms with Gasteiger partial charge in [0.25, 0.3) is 0 Å². The minimum atomic E-state index is 0.0498. The summed E-state index contributed by atoms with van der Waals surface area (Å²) in [7, 11) is 0. The highest BCUT2D eigenvalue weighted by Gasteiger charge is 2.27. The first-order valence-electron chi connectivity index (χ1n) is 12.2. The molecule has 2 fully saturated rings. The zero-order valence-electron chi connectivity index (χ0n) is 19.2. The Hall–Kier alpha value is -1.56. The average Bonchev–Trinajstić information content (AvgIpc) is 2.75. The zero-order chi connectivity index (χ0) is 20.4. The van der Waals surface area contributed by atoms with Crippen LogP contribution in [-0.2, 0) is 5.41 Å². The smallest absolute Gasteiger partial charge is 0.0146 e. The Balaban J connectivity index is 1.67. The Kier molecular flexibility index (Phi) is 6.19. The molecule has 2 saturated carbocycles. The second-order valence-corrected chi connectivity index (χ2v) is 10.4. The molecule has 2 aromatic carbocycles. The van der Waals surface area contributed by atoms with E-state index in [9.17, 15) is 0 Å². The summed E-state index contributed by atoms with van der Waals surface area (Å²) in [6, 6.07) is 14.7. The Morgan fingerprint density at radius 3 is 1.34 bits per heavy atom. The van der Waals surface area contributed by atoms with E-state index in [4.69, 9.17) is 0 Å². The van der Waals surface area contributed by atoms with E-state index in [0.717, 1.165) is 11.8 Å². The van der Waals surface area contributed by atoms with Crippen molar-refractivity contribution in [1.82, 2.24) is 0 Å². The van der Waals surface area contributed by atoms with Crippen LogP contribution in [0.15, 0.2) is 36.4 Å². The first kappa shape index (κ1) is 20.7. The molecule has 156 valence electrons. The fourth-order valence-electron chi connectivity index (χ4n) is 5.93. The molecular weight excluding hydrogens is 348 g/mol. The van der Waals surface area contributed by atoms with E-state index in [1.54, 1.807) is 11.1 Å². The lowest BCUT2D eigenvalue weighted by atomic mass is 9.73. The largest absolute Gasteiger partial charge is 0.0587 e. The molecule has 2 aliphatic carbocycles. The number of hydrogen-bond acceptors (Lipinski definition) is 0.